The third-order valence-electron chi connectivity index (χ3n) is 5.92. The number of rotatable bonds is 7. The molecule has 4 saturated carbocycles. The number of hydrogen-bond acceptors (Lipinski definition) is 4. The minimum absolute atomic E-state index is 0.0667. The highest BCUT2D eigenvalue weighted by atomic mass is 16.5. The van der Waals surface area contributed by atoms with Crippen molar-refractivity contribution >= 4 is 11.9 Å². The summed E-state index contributed by atoms with van der Waals surface area (Å²) in [6.45, 7) is 4.69. The SMILES string of the molecule is CC(C)CCCOC(=O)/C=C/C(=O)OC1C2CC3CC(C2)CC1C3. The van der Waals surface area contributed by atoms with Gasteiger partial charge < -0.3 is 9.47 Å². The molecule has 0 saturated heterocycles. The van der Waals surface area contributed by atoms with Crippen LogP contribution in [0.1, 0.15) is 58.8 Å². The van der Waals surface area contributed by atoms with Crippen molar-refractivity contribution in [3.63, 3.8) is 0 Å². The molecule has 4 aliphatic carbocycles. The van der Waals surface area contributed by atoms with Crippen molar-refractivity contribution in [1.29, 1.82) is 0 Å². The zero-order valence-corrected chi connectivity index (χ0v) is 14.9. The maximum absolute atomic E-state index is 12.0. The quantitative estimate of drug-likeness (QED) is 0.403. The van der Waals surface area contributed by atoms with Gasteiger partial charge >= 0.3 is 11.9 Å². The molecule has 4 nitrogen and oxygen atoms in total. The fourth-order valence-electron chi connectivity index (χ4n) is 5.09. The third kappa shape index (κ3) is 4.40. The summed E-state index contributed by atoms with van der Waals surface area (Å²) in [5, 5.41) is 0. The molecule has 0 aromatic rings. The van der Waals surface area contributed by atoms with Gasteiger partial charge in [-0.15, -0.1) is 0 Å². The maximum atomic E-state index is 12.0. The molecule has 0 amide bonds. The fraction of sp³-hybridized carbons (Fsp3) is 0.800. The zero-order chi connectivity index (χ0) is 17.1. The summed E-state index contributed by atoms with van der Waals surface area (Å²) >= 11 is 0. The summed E-state index contributed by atoms with van der Waals surface area (Å²) in [6, 6.07) is 0. The molecule has 24 heavy (non-hydrogen) atoms. The van der Waals surface area contributed by atoms with Gasteiger partial charge in [-0.3, -0.25) is 0 Å². The van der Waals surface area contributed by atoms with Gasteiger partial charge in [-0.05, 0) is 74.5 Å². The van der Waals surface area contributed by atoms with E-state index in [1.54, 1.807) is 0 Å². The Bertz CT molecular complexity index is 466. The average Bonchev–Trinajstić information content (AvgIpc) is 2.52. The highest BCUT2D eigenvalue weighted by Gasteiger charge is 2.49. The first-order valence-electron chi connectivity index (χ1n) is 9.56. The maximum Gasteiger partial charge on any atom is 0.331 e. The highest BCUT2D eigenvalue weighted by Crippen LogP contribution is 2.54. The molecule has 134 valence electrons. The molecular formula is C20H30O4. The van der Waals surface area contributed by atoms with Crippen molar-refractivity contribution in [2.45, 2.75) is 64.9 Å². The third-order valence-corrected chi connectivity index (χ3v) is 5.92. The van der Waals surface area contributed by atoms with Crippen LogP contribution in [-0.2, 0) is 19.1 Å². The molecule has 0 aliphatic heterocycles. The normalized spacial score (nSPS) is 34.0. The van der Waals surface area contributed by atoms with Gasteiger partial charge in [0, 0.05) is 12.2 Å². The second kappa shape index (κ2) is 7.71. The first-order chi connectivity index (χ1) is 11.5. The van der Waals surface area contributed by atoms with Crippen LogP contribution >= 0.6 is 0 Å². The van der Waals surface area contributed by atoms with E-state index in [9.17, 15) is 9.59 Å². The number of carbonyl (C=O) groups excluding carboxylic acids is 2. The second-order valence-corrected chi connectivity index (χ2v) is 8.37. The Morgan fingerprint density at radius 2 is 1.54 bits per heavy atom. The monoisotopic (exact) mass is 334 g/mol. The topological polar surface area (TPSA) is 52.6 Å². The van der Waals surface area contributed by atoms with E-state index in [-0.39, 0.29) is 6.10 Å². The van der Waals surface area contributed by atoms with Crippen LogP contribution in [0.25, 0.3) is 0 Å². The van der Waals surface area contributed by atoms with Gasteiger partial charge in [-0.2, -0.15) is 0 Å². The van der Waals surface area contributed by atoms with Crippen LogP contribution in [0.15, 0.2) is 12.2 Å². The van der Waals surface area contributed by atoms with Gasteiger partial charge in [0.1, 0.15) is 6.10 Å². The van der Waals surface area contributed by atoms with Crippen molar-refractivity contribution in [3.05, 3.63) is 12.2 Å². The molecule has 4 aliphatic rings. The first kappa shape index (κ1) is 17.5. The van der Waals surface area contributed by atoms with Gasteiger partial charge in [0.05, 0.1) is 6.61 Å². The number of hydrogen-bond donors (Lipinski definition) is 0. The van der Waals surface area contributed by atoms with Crippen molar-refractivity contribution < 1.29 is 19.1 Å². The second-order valence-electron chi connectivity index (χ2n) is 8.37. The van der Waals surface area contributed by atoms with Crippen LogP contribution in [0.3, 0.4) is 0 Å². The highest BCUT2D eigenvalue weighted by molar-refractivity contribution is 5.91. The molecule has 0 spiro atoms. The van der Waals surface area contributed by atoms with E-state index < -0.39 is 11.9 Å². The summed E-state index contributed by atoms with van der Waals surface area (Å²) in [5.41, 5.74) is 0. The predicted octanol–water partition coefficient (Wildman–Crippen LogP) is 3.89. The van der Waals surface area contributed by atoms with Crippen molar-refractivity contribution in [3.8, 4) is 0 Å². The molecule has 0 aromatic carbocycles. The molecule has 4 bridgehead atoms. The van der Waals surface area contributed by atoms with Crippen molar-refractivity contribution in [2.75, 3.05) is 6.61 Å². The lowest BCUT2D eigenvalue weighted by atomic mass is 9.55. The summed E-state index contributed by atoms with van der Waals surface area (Å²) in [6.07, 6.45) is 10.6. The van der Waals surface area contributed by atoms with E-state index >= 15 is 0 Å². The Balaban J connectivity index is 1.40. The Labute approximate surface area is 145 Å². The van der Waals surface area contributed by atoms with Crippen LogP contribution in [0.4, 0.5) is 0 Å². The van der Waals surface area contributed by atoms with Gasteiger partial charge in [0.25, 0.3) is 0 Å². The molecule has 4 fully saturated rings. The molecule has 0 atom stereocenters. The number of ether oxygens (including phenoxy) is 2. The smallest absolute Gasteiger partial charge is 0.331 e. The largest absolute Gasteiger partial charge is 0.463 e. The van der Waals surface area contributed by atoms with E-state index in [1.165, 1.54) is 44.3 Å². The molecule has 0 unspecified atom stereocenters. The van der Waals surface area contributed by atoms with E-state index in [2.05, 4.69) is 13.8 Å². The standard InChI is InChI=1S/C20H30O4/c1-13(2)4-3-7-23-18(21)5-6-19(22)24-20-16-9-14-8-15(11-16)12-17(20)10-14/h5-6,13-17,20H,3-4,7-12H2,1-2H3/b6-5+. The van der Waals surface area contributed by atoms with Gasteiger partial charge in [-0.25, -0.2) is 9.59 Å². The fourth-order valence-corrected chi connectivity index (χ4v) is 5.09. The summed E-state index contributed by atoms with van der Waals surface area (Å²) in [4.78, 5) is 23.7. The van der Waals surface area contributed by atoms with E-state index in [0.717, 1.165) is 24.7 Å². The predicted molar refractivity (Wildman–Crippen MR) is 91.1 cm³/mol. The van der Waals surface area contributed by atoms with Crippen LogP contribution in [0, 0.1) is 29.6 Å². The van der Waals surface area contributed by atoms with Crippen LogP contribution in [-0.4, -0.2) is 24.6 Å². The summed E-state index contributed by atoms with van der Waals surface area (Å²) in [7, 11) is 0. The lowest BCUT2D eigenvalue weighted by molar-refractivity contribution is -0.165. The first-order valence-corrected chi connectivity index (χ1v) is 9.56. The van der Waals surface area contributed by atoms with Crippen molar-refractivity contribution in [1.82, 2.24) is 0 Å². The Morgan fingerprint density at radius 3 is 2.12 bits per heavy atom. The van der Waals surface area contributed by atoms with E-state index in [1.807, 2.05) is 0 Å². The lowest BCUT2D eigenvalue weighted by Gasteiger charge is -2.53. The van der Waals surface area contributed by atoms with Crippen LogP contribution in [0.5, 0.6) is 0 Å². The van der Waals surface area contributed by atoms with Gasteiger partial charge in [-0.1, -0.05) is 13.8 Å². The van der Waals surface area contributed by atoms with E-state index in [0.29, 0.717) is 24.4 Å². The Hall–Kier alpha value is -1.32. The van der Waals surface area contributed by atoms with Crippen LogP contribution in [0.2, 0.25) is 0 Å². The molecule has 4 rings (SSSR count). The molecule has 0 radical (unpaired) electrons. The summed E-state index contributed by atoms with van der Waals surface area (Å²) in [5.74, 6) is 2.56. The Morgan fingerprint density at radius 1 is 0.958 bits per heavy atom. The molecule has 0 N–H and O–H groups in total. The van der Waals surface area contributed by atoms with Gasteiger partial charge in [0.15, 0.2) is 0 Å². The van der Waals surface area contributed by atoms with E-state index in [4.69, 9.17) is 9.47 Å². The Kier molecular flexibility index (Phi) is 5.62. The average molecular weight is 334 g/mol. The minimum atomic E-state index is -0.458. The van der Waals surface area contributed by atoms with Gasteiger partial charge in [0.2, 0.25) is 0 Å². The molecular weight excluding hydrogens is 304 g/mol. The number of carbonyl (C=O) groups is 2. The summed E-state index contributed by atoms with van der Waals surface area (Å²) < 4.78 is 10.8. The number of esters is 2. The van der Waals surface area contributed by atoms with Crippen molar-refractivity contribution in [2.24, 2.45) is 29.6 Å². The minimum Gasteiger partial charge on any atom is -0.463 e. The molecule has 0 heterocycles. The zero-order valence-electron chi connectivity index (χ0n) is 14.9. The van der Waals surface area contributed by atoms with Crippen LogP contribution < -0.4 is 0 Å². The molecule has 4 heteroatoms. The molecule has 0 aromatic heterocycles. The lowest BCUT2D eigenvalue weighted by Crippen LogP contribution is -2.49.